The first-order valence-electron chi connectivity index (χ1n) is 29.1. The summed E-state index contributed by atoms with van der Waals surface area (Å²) < 4.78 is 72.2. The lowest BCUT2D eigenvalue weighted by molar-refractivity contribution is -0.336. The molecular formula is C60H82IN3O23S3. The molecular weight excluding hydrogens is 1350 g/mol. The molecule has 4 heterocycles. The number of aliphatic hydroxyl groups is 5. The van der Waals surface area contributed by atoms with Crippen molar-refractivity contribution in [2.45, 2.75) is 201 Å². The highest BCUT2D eigenvalue weighted by molar-refractivity contribution is 14.1. The van der Waals surface area contributed by atoms with Gasteiger partial charge in [-0.1, -0.05) is 70.0 Å². The third kappa shape index (κ3) is 17.5. The fourth-order valence-electron chi connectivity index (χ4n) is 11.1. The number of carboxylic acid groups (broad SMARTS) is 1. The number of carbonyl (C=O) groups is 4. The summed E-state index contributed by atoms with van der Waals surface area (Å²) in [6, 6.07) is -1.33. The van der Waals surface area contributed by atoms with Gasteiger partial charge in [-0.2, -0.15) is 5.48 Å². The molecule has 0 unspecified atom stereocenters. The van der Waals surface area contributed by atoms with Gasteiger partial charge in [0.05, 0.1) is 97.0 Å². The van der Waals surface area contributed by atoms with Crippen LogP contribution in [0.2, 0.25) is 0 Å². The Morgan fingerprint density at radius 1 is 0.878 bits per heavy atom. The van der Waals surface area contributed by atoms with Crippen LogP contribution >= 0.6 is 55.9 Å². The number of rotatable bonds is 25. The van der Waals surface area contributed by atoms with E-state index in [4.69, 9.17) is 61.7 Å². The number of nitrogens with one attached hydrogen (secondary N) is 3. The monoisotopic (exact) mass is 1440 g/mol. The minimum absolute atomic E-state index is 0.0144. The van der Waals surface area contributed by atoms with Crippen LogP contribution in [-0.4, -0.2) is 228 Å². The zero-order valence-electron chi connectivity index (χ0n) is 52.0. The topological polar surface area (TPSA) is 346 Å². The standard InChI is InChI=1S/C60H82IN3O23S3/c1-13-62-33-27-80-39(25-37(33)75-8)85-52-47(70)44(29(3)82-57(52)84-36-18-16-14-15-17-21-60(74)26-35(66)45(63-58(73)79-12)42(36)32(60)20-23-88-90-59(6,7)22-19-38(67)68)64-87-40-24-34(65)54(31(5)81-40)89-55(72)41-28(2)43(61)50(53(78-11)49(41)76-9)86-56-48(71)51(77-10)46(69)30(4)83-56/h14-15,20,29-31,33-34,36-37,39-40,44,46-48,51-52,54,56-57,62,64-65,69-71,74H,13,19,22-27H2,1-12H3,(H,63,73)(H,67,68)/t29-,30+,31-,33+,34+,36+,37+,39+,40+,44-,46+,47+,48-,51-,52-,54-,56+,57+,60+/m1/s1. The molecule has 4 saturated heterocycles. The summed E-state index contributed by atoms with van der Waals surface area (Å²) >= 11 is 2.81. The Morgan fingerprint density at radius 2 is 1.59 bits per heavy atom. The molecule has 0 saturated carbocycles. The maximum atomic E-state index is 14.5. The third-order valence-electron chi connectivity index (χ3n) is 15.9. The quantitative estimate of drug-likeness (QED) is 0.0222. The maximum absolute atomic E-state index is 14.5. The predicted molar refractivity (Wildman–Crippen MR) is 337 cm³/mol. The van der Waals surface area contributed by atoms with E-state index in [1.807, 2.05) is 43.4 Å². The Labute approximate surface area is 549 Å². The molecule has 9 N–H and O–H groups in total. The van der Waals surface area contributed by atoms with Gasteiger partial charge in [0.2, 0.25) is 17.2 Å². The number of hydroxylamine groups is 1. The van der Waals surface area contributed by atoms with Crippen LogP contribution in [0.5, 0.6) is 17.2 Å². The zero-order chi connectivity index (χ0) is 65.9. The highest BCUT2D eigenvalue weighted by Crippen LogP contribution is 2.49. The molecule has 4 aliphatic heterocycles. The largest absolute Gasteiger partial charge is 0.492 e. The van der Waals surface area contributed by atoms with Gasteiger partial charge in [0.1, 0.15) is 36.6 Å². The SMILES string of the molecule is CCN[C@H]1CO[C@@H](O[C@H]2[C@H](O[C@H]3C#CC=CC#C[C@]4(O)CC(=O)C(NC(=O)OC)=C3C4=CCSSC(C)(C)CCC(=O)O)O[C@H](C)[C@@H](NO[C@H]3C[C@H](O)[C@H](SC(=O)c4c(C)c(I)c(O[C@@H]5O[C@@H](C)[C@H](O)[C@@H](OC)[C@H]5O)c(OC)c4OC)[C@@H](C)O3)[C@@H]2O)C[C@@H]1OC. The first-order chi connectivity index (χ1) is 42.7. The third-order valence-corrected chi connectivity index (χ3v) is 21.8. The lowest BCUT2D eigenvalue weighted by Crippen LogP contribution is -2.65. The lowest BCUT2D eigenvalue weighted by Gasteiger charge is -2.46. The van der Waals surface area contributed by atoms with Crippen molar-refractivity contribution in [3.63, 3.8) is 0 Å². The van der Waals surface area contributed by atoms with Gasteiger partial charge in [0.15, 0.2) is 41.8 Å². The minimum Gasteiger partial charge on any atom is -0.492 e. The molecule has 1 amide bonds. The fraction of sp³-hybridized carbons (Fsp3) is 0.667. The molecule has 500 valence electrons. The van der Waals surface area contributed by atoms with Crippen LogP contribution in [0, 0.1) is 34.2 Å². The van der Waals surface area contributed by atoms with Gasteiger partial charge < -0.3 is 92.8 Å². The minimum atomic E-state index is -2.15. The Bertz CT molecular complexity index is 2940. The van der Waals surface area contributed by atoms with Crippen molar-refractivity contribution in [2.75, 3.05) is 54.5 Å². The molecule has 4 fully saturated rings. The van der Waals surface area contributed by atoms with E-state index in [1.165, 1.54) is 55.1 Å². The smallest absolute Gasteiger partial charge is 0.411 e. The van der Waals surface area contributed by atoms with Crippen molar-refractivity contribution in [3.8, 4) is 40.9 Å². The summed E-state index contributed by atoms with van der Waals surface area (Å²) in [6.45, 7) is 13.1. The molecule has 6 aliphatic rings. The Balaban J connectivity index is 1.13. The number of hydrogen-bond acceptors (Lipinski definition) is 27. The number of carbonyl (C=O) groups excluding carboxylic acids is 3. The molecule has 0 radical (unpaired) electrons. The normalized spacial score (nSPS) is 34.1. The summed E-state index contributed by atoms with van der Waals surface area (Å²) in [7, 11) is 9.52. The van der Waals surface area contributed by atoms with Gasteiger partial charge in [-0.05, 0) is 94.8 Å². The highest BCUT2D eigenvalue weighted by atomic mass is 127. The fourth-order valence-corrected chi connectivity index (χ4v) is 15.3. The van der Waals surface area contributed by atoms with Crippen molar-refractivity contribution < 1.29 is 111 Å². The number of allylic oxidation sites excluding steroid dienone is 3. The number of fused-ring (bicyclic) bond motifs is 2. The van der Waals surface area contributed by atoms with Crippen LogP contribution in [-0.2, 0) is 57.1 Å². The van der Waals surface area contributed by atoms with E-state index in [2.05, 4.69) is 39.8 Å². The Morgan fingerprint density at radius 3 is 2.24 bits per heavy atom. The van der Waals surface area contributed by atoms with Gasteiger partial charge >= 0.3 is 12.1 Å². The molecule has 19 atom stereocenters. The number of carboxylic acids is 1. The molecule has 1 aromatic rings. The average molecular weight is 1440 g/mol. The second kappa shape index (κ2) is 33.0. The summed E-state index contributed by atoms with van der Waals surface area (Å²) in [5.74, 6) is 10.1. The maximum Gasteiger partial charge on any atom is 0.411 e. The number of ketones is 1. The number of thioether (sulfide) groups is 1. The van der Waals surface area contributed by atoms with Crippen molar-refractivity contribution in [2.24, 2.45) is 0 Å². The summed E-state index contributed by atoms with van der Waals surface area (Å²) in [5, 5.41) is 72.3. The number of hydrogen-bond donors (Lipinski definition) is 9. The second-order valence-corrected chi connectivity index (χ2v) is 27.9. The van der Waals surface area contributed by atoms with Gasteiger partial charge in [0.25, 0.3) is 0 Å². The number of aliphatic hydroxyl groups excluding tert-OH is 4. The molecule has 0 aromatic heterocycles. The molecule has 7 rings (SSSR count). The average Bonchev–Trinajstić information content (AvgIpc) is 0.783. The number of likely N-dealkylation sites (N-methyl/N-ethyl adjacent to an activating group) is 1. The van der Waals surface area contributed by atoms with Gasteiger partial charge in [-0.3, -0.25) is 24.5 Å². The number of aliphatic carboxylic acids is 1. The number of Topliss-reactive ketones (excluding diaryl/α,β-unsaturated/α-hetero) is 1. The van der Waals surface area contributed by atoms with E-state index in [1.54, 1.807) is 40.9 Å². The van der Waals surface area contributed by atoms with Crippen LogP contribution in [0.25, 0.3) is 0 Å². The van der Waals surface area contributed by atoms with E-state index < -0.39 is 143 Å². The number of amides is 1. The number of benzene rings is 1. The molecule has 90 heavy (non-hydrogen) atoms. The van der Waals surface area contributed by atoms with Crippen molar-refractivity contribution >= 4 is 78.9 Å². The van der Waals surface area contributed by atoms with Gasteiger partial charge in [0, 0.05) is 55.1 Å². The highest BCUT2D eigenvalue weighted by Gasteiger charge is 2.52. The number of halogens is 1. The van der Waals surface area contributed by atoms with Gasteiger partial charge in [-0.15, -0.1) is 0 Å². The number of methoxy groups -OCH3 is 5. The molecule has 1 aromatic carbocycles. The summed E-state index contributed by atoms with van der Waals surface area (Å²) in [5.41, 5.74) is 0.957. The summed E-state index contributed by atoms with van der Waals surface area (Å²) in [6.07, 6.45) is -14.2. The number of ether oxygens (including phenoxy) is 12. The first-order valence-corrected chi connectivity index (χ1v) is 33.4. The van der Waals surface area contributed by atoms with Crippen LogP contribution < -0.4 is 30.3 Å². The van der Waals surface area contributed by atoms with Crippen LogP contribution in [0.1, 0.15) is 89.6 Å². The Hall–Kier alpha value is -3.82. The van der Waals surface area contributed by atoms with Crippen molar-refractivity contribution in [3.05, 3.63) is 49.8 Å². The molecule has 0 spiro atoms. The van der Waals surface area contributed by atoms with E-state index in [9.17, 15) is 49.8 Å². The second-order valence-electron chi connectivity index (χ2n) is 22.6. The van der Waals surface area contributed by atoms with Crippen molar-refractivity contribution in [1.29, 1.82) is 0 Å². The zero-order valence-corrected chi connectivity index (χ0v) is 56.6. The molecule has 26 nitrogen and oxygen atoms in total. The van der Waals surface area contributed by atoms with Crippen molar-refractivity contribution in [1.82, 2.24) is 16.1 Å². The summed E-state index contributed by atoms with van der Waals surface area (Å²) in [4.78, 5) is 59.3. The number of alkyl carbamates (subject to hydrolysis) is 1. The van der Waals surface area contributed by atoms with Crippen LogP contribution in [0.4, 0.5) is 4.79 Å². The van der Waals surface area contributed by atoms with E-state index in [0.717, 1.165) is 18.9 Å². The lowest BCUT2D eigenvalue weighted by atomic mass is 9.75. The molecule has 2 bridgehead atoms. The van der Waals surface area contributed by atoms with E-state index >= 15 is 0 Å². The predicted octanol–water partition coefficient (Wildman–Crippen LogP) is 3.56. The van der Waals surface area contributed by atoms with E-state index in [-0.39, 0.29) is 77.3 Å². The van der Waals surface area contributed by atoms with Gasteiger partial charge in [-0.25, -0.2) is 4.79 Å². The Kier molecular flexibility index (Phi) is 27.0. The van der Waals surface area contributed by atoms with E-state index in [0.29, 0.717) is 22.1 Å². The van der Waals surface area contributed by atoms with Crippen LogP contribution in [0.15, 0.2) is 35.1 Å². The molecule has 2 aliphatic carbocycles. The first kappa shape index (κ1) is 73.6. The molecule has 30 heteroatoms. The van der Waals surface area contributed by atoms with Crippen LogP contribution in [0.3, 0.4) is 0 Å².